The molecule has 0 unspecified atom stereocenters. The fourth-order valence-electron chi connectivity index (χ4n) is 1.39. The van der Waals surface area contributed by atoms with Crippen LogP contribution in [0.4, 0.5) is 0 Å². The first-order valence-electron chi connectivity index (χ1n) is 5.11. The molecule has 0 bridgehead atoms. The van der Waals surface area contributed by atoms with Crippen LogP contribution in [0.2, 0.25) is 0 Å². The molecule has 0 saturated carbocycles. The van der Waals surface area contributed by atoms with Gasteiger partial charge >= 0.3 is 0 Å². The van der Waals surface area contributed by atoms with Gasteiger partial charge in [0, 0.05) is 12.3 Å². The highest BCUT2D eigenvalue weighted by atomic mass is 16.5. The maximum Gasteiger partial charge on any atom is 0.122 e. The van der Waals surface area contributed by atoms with Crippen LogP contribution in [0.25, 0.3) is 12.2 Å². The molecule has 0 saturated heterocycles. The Morgan fingerprint density at radius 1 is 1.06 bits per heavy atom. The number of rotatable bonds is 3. The van der Waals surface area contributed by atoms with Gasteiger partial charge in [-0.05, 0) is 17.7 Å². The van der Waals surface area contributed by atoms with Crippen molar-refractivity contribution in [3.8, 4) is 5.75 Å². The molecule has 1 aromatic heterocycles. The first kappa shape index (κ1) is 10.4. The Balaban J connectivity index is 2.17. The minimum absolute atomic E-state index is 0.822. The maximum atomic E-state index is 5.13. The molecule has 80 valence electrons. The highest BCUT2D eigenvalue weighted by Crippen LogP contribution is 2.12. The van der Waals surface area contributed by atoms with E-state index < -0.39 is 0 Å². The molecule has 0 aliphatic carbocycles. The van der Waals surface area contributed by atoms with E-state index in [0.717, 1.165) is 17.0 Å². The molecule has 2 aromatic rings. The van der Waals surface area contributed by atoms with Crippen molar-refractivity contribution in [3.05, 3.63) is 59.9 Å². The Morgan fingerprint density at radius 3 is 2.62 bits per heavy atom. The van der Waals surface area contributed by atoms with Gasteiger partial charge in [0.1, 0.15) is 5.75 Å². The Kier molecular flexibility index (Phi) is 3.34. The predicted octanol–water partition coefficient (Wildman–Crippen LogP) is 3.26. The lowest BCUT2D eigenvalue weighted by Crippen LogP contribution is -1.85. The predicted molar refractivity (Wildman–Crippen MR) is 66.2 cm³/mol. The van der Waals surface area contributed by atoms with E-state index in [9.17, 15) is 0 Å². The fraction of sp³-hybridized carbons (Fsp3) is 0.0714. The molecule has 0 amide bonds. The zero-order chi connectivity index (χ0) is 11.2. The van der Waals surface area contributed by atoms with Crippen molar-refractivity contribution < 1.29 is 4.74 Å². The quantitative estimate of drug-likeness (QED) is 0.777. The number of hydrogen-bond acceptors (Lipinski definition) is 2. The molecule has 2 nitrogen and oxygen atoms in total. The third-order valence-electron chi connectivity index (χ3n) is 2.23. The molecule has 16 heavy (non-hydrogen) atoms. The van der Waals surface area contributed by atoms with Crippen molar-refractivity contribution in [1.29, 1.82) is 0 Å². The monoisotopic (exact) mass is 211 g/mol. The van der Waals surface area contributed by atoms with Gasteiger partial charge in [0.15, 0.2) is 0 Å². The number of methoxy groups -OCH3 is 1. The standard InChI is InChI=1S/C14H13NO/c1-16-14-9-10-15-13(11-14)8-7-12-5-3-2-4-6-12/h2-11H,1H3. The Hall–Kier alpha value is -2.09. The van der Waals surface area contributed by atoms with E-state index in [4.69, 9.17) is 4.74 Å². The van der Waals surface area contributed by atoms with Crippen molar-refractivity contribution in [2.45, 2.75) is 0 Å². The van der Waals surface area contributed by atoms with Crippen molar-refractivity contribution >= 4 is 12.2 Å². The van der Waals surface area contributed by atoms with E-state index in [1.54, 1.807) is 13.3 Å². The smallest absolute Gasteiger partial charge is 0.122 e. The molecular weight excluding hydrogens is 198 g/mol. The second-order valence-electron chi connectivity index (χ2n) is 3.36. The lowest BCUT2D eigenvalue weighted by Gasteiger charge is -1.99. The molecule has 0 fully saturated rings. The van der Waals surface area contributed by atoms with E-state index >= 15 is 0 Å². The van der Waals surface area contributed by atoms with Crippen molar-refractivity contribution in [3.63, 3.8) is 0 Å². The molecule has 0 aliphatic rings. The van der Waals surface area contributed by atoms with Crippen LogP contribution >= 0.6 is 0 Å². The number of nitrogens with zero attached hydrogens (tertiary/aromatic N) is 1. The van der Waals surface area contributed by atoms with Gasteiger partial charge in [0.05, 0.1) is 12.8 Å². The number of pyridine rings is 1. The van der Waals surface area contributed by atoms with Gasteiger partial charge in [-0.1, -0.05) is 36.4 Å². The molecule has 2 rings (SSSR count). The highest BCUT2D eigenvalue weighted by molar-refractivity contribution is 5.68. The summed E-state index contributed by atoms with van der Waals surface area (Å²) in [6, 6.07) is 13.9. The zero-order valence-corrected chi connectivity index (χ0v) is 9.13. The van der Waals surface area contributed by atoms with Crippen LogP contribution in [0.5, 0.6) is 5.75 Å². The molecule has 0 N–H and O–H groups in total. The van der Waals surface area contributed by atoms with E-state index in [2.05, 4.69) is 17.1 Å². The van der Waals surface area contributed by atoms with Crippen molar-refractivity contribution in [2.75, 3.05) is 7.11 Å². The summed E-state index contributed by atoms with van der Waals surface area (Å²) in [7, 11) is 1.65. The van der Waals surface area contributed by atoms with E-state index in [0.29, 0.717) is 0 Å². The van der Waals surface area contributed by atoms with Gasteiger partial charge in [0.2, 0.25) is 0 Å². The summed E-state index contributed by atoms with van der Waals surface area (Å²) < 4.78 is 5.13. The van der Waals surface area contributed by atoms with Gasteiger partial charge in [0.25, 0.3) is 0 Å². The average Bonchev–Trinajstić information content (AvgIpc) is 2.38. The number of ether oxygens (including phenoxy) is 1. The molecule has 1 heterocycles. The number of hydrogen-bond donors (Lipinski definition) is 0. The topological polar surface area (TPSA) is 22.1 Å². The Bertz CT molecular complexity index is 477. The van der Waals surface area contributed by atoms with E-state index in [1.165, 1.54) is 0 Å². The van der Waals surface area contributed by atoms with Crippen LogP contribution in [-0.2, 0) is 0 Å². The van der Waals surface area contributed by atoms with Crippen LogP contribution < -0.4 is 4.74 Å². The Labute approximate surface area is 95.2 Å². The van der Waals surface area contributed by atoms with Crippen molar-refractivity contribution in [2.24, 2.45) is 0 Å². The normalized spacial score (nSPS) is 10.6. The molecule has 0 atom stereocenters. The molecule has 0 spiro atoms. The van der Waals surface area contributed by atoms with Gasteiger partial charge in [-0.2, -0.15) is 0 Å². The SMILES string of the molecule is COc1ccnc(C=Cc2ccccc2)c1. The van der Waals surface area contributed by atoms with Crippen LogP contribution in [0.1, 0.15) is 11.3 Å². The fourth-order valence-corrected chi connectivity index (χ4v) is 1.39. The zero-order valence-electron chi connectivity index (χ0n) is 9.13. The van der Waals surface area contributed by atoms with Crippen LogP contribution in [0.15, 0.2) is 48.7 Å². The molecular formula is C14H13NO. The highest BCUT2D eigenvalue weighted by Gasteiger charge is 1.92. The van der Waals surface area contributed by atoms with Gasteiger partial charge in [-0.15, -0.1) is 0 Å². The third kappa shape index (κ3) is 2.70. The second-order valence-corrected chi connectivity index (χ2v) is 3.36. The summed E-state index contributed by atoms with van der Waals surface area (Å²) in [6.07, 6.45) is 5.74. The first-order chi connectivity index (χ1) is 7.88. The molecule has 2 heteroatoms. The summed E-state index contributed by atoms with van der Waals surface area (Å²) in [5.74, 6) is 0.822. The van der Waals surface area contributed by atoms with Crippen LogP contribution in [-0.4, -0.2) is 12.1 Å². The van der Waals surface area contributed by atoms with E-state index in [-0.39, 0.29) is 0 Å². The van der Waals surface area contributed by atoms with Crippen LogP contribution in [0.3, 0.4) is 0 Å². The number of benzene rings is 1. The minimum Gasteiger partial charge on any atom is -0.497 e. The molecule has 1 aromatic carbocycles. The summed E-state index contributed by atoms with van der Waals surface area (Å²) in [4.78, 5) is 4.24. The Morgan fingerprint density at radius 2 is 1.88 bits per heavy atom. The van der Waals surface area contributed by atoms with Gasteiger partial charge in [-0.3, -0.25) is 4.98 Å². The van der Waals surface area contributed by atoms with Crippen molar-refractivity contribution in [1.82, 2.24) is 4.98 Å². The largest absolute Gasteiger partial charge is 0.497 e. The van der Waals surface area contributed by atoms with Crippen LogP contribution in [0, 0.1) is 0 Å². The second kappa shape index (κ2) is 5.12. The summed E-state index contributed by atoms with van der Waals surface area (Å²) in [5, 5.41) is 0. The third-order valence-corrected chi connectivity index (χ3v) is 2.23. The maximum absolute atomic E-state index is 5.13. The minimum atomic E-state index is 0.822. The lowest BCUT2D eigenvalue weighted by atomic mass is 10.2. The number of aromatic nitrogens is 1. The summed E-state index contributed by atoms with van der Waals surface area (Å²) >= 11 is 0. The molecule has 0 radical (unpaired) electrons. The first-order valence-corrected chi connectivity index (χ1v) is 5.11. The average molecular weight is 211 g/mol. The summed E-state index contributed by atoms with van der Waals surface area (Å²) in [6.45, 7) is 0. The van der Waals surface area contributed by atoms with E-state index in [1.807, 2.05) is 42.5 Å². The summed E-state index contributed by atoms with van der Waals surface area (Å²) in [5.41, 5.74) is 2.05. The lowest BCUT2D eigenvalue weighted by molar-refractivity contribution is 0.414. The van der Waals surface area contributed by atoms with Gasteiger partial charge < -0.3 is 4.74 Å². The molecule has 0 aliphatic heterocycles. The van der Waals surface area contributed by atoms with Gasteiger partial charge in [-0.25, -0.2) is 0 Å².